The number of hydrogen-bond donors (Lipinski definition) is 0. The average molecular weight is 369 g/mol. The summed E-state index contributed by atoms with van der Waals surface area (Å²) in [5, 5.41) is 5.52. The Hall–Kier alpha value is -2.82. The highest BCUT2D eigenvalue weighted by Crippen LogP contribution is 2.39. The minimum atomic E-state index is 0.959. The molecule has 123 valence electrons. The molecule has 5 aromatic rings. The van der Waals surface area contributed by atoms with Crippen LogP contribution in [0.3, 0.4) is 0 Å². The summed E-state index contributed by atoms with van der Waals surface area (Å²) in [7, 11) is 0. The number of rotatable bonds is 3. The Balaban J connectivity index is 1.63. The zero-order valence-corrected chi connectivity index (χ0v) is 15.3. The summed E-state index contributed by atoms with van der Waals surface area (Å²) in [6.07, 6.45) is 0. The van der Waals surface area contributed by atoms with E-state index in [4.69, 9.17) is 4.98 Å². The first-order chi connectivity index (χ1) is 12.9. The van der Waals surface area contributed by atoms with E-state index < -0.39 is 0 Å². The number of fused-ring (bicyclic) bond motifs is 1. The van der Waals surface area contributed by atoms with Crippen LogP contribution in [0.15, 0.2) is 78.2 Å². The number of thiazole rings is 2. The van der Waals surface area contributed by atoms with Gasteiger partial charge in [-0.15, -0.1) is 22.7 Å². The van der Waals surface area contributed by atoms with Crippen molar-refractivity contribution in [3.63, 3.8) is 0 Å². The van der Waals surface area contributed by atoms with Crippen molar-refractivity contribution in [1.82, 2.24) is 9.97 Å². The van der Waals surface area contributed by atoms with Crippen molar-refractivity contribution >= 4 is 33.4 Å². The largest absolute Gasteiger partial charge is 0.235 e. The van der Waals surface area contributed by atoms with E-state index in [0.717, 1.165) is 32.4 Å². The summed E-state index contributed by atoms with van der Waals surface area (Å²) in [6.45, 7) is 0. The number of benzene rings is 3. The molecule has 0 aliphatic carbocycles. The maximum Gasteiger partial charge on any atom is 0.153 e. The van der Waals surface area contributed by atoms with Crippen LogP contribution in [0.2, 0.25) is 0 Å². The van der Waals surface area contributed by atoms with Crippen LogP contribution in [0.5, 0.6) is 0 Å². The van der Waals surface area contributed by atoms with Crippen molar-refractivity contribution in [1.29, 1.82) is 0 Å². The van der Waals surface area contributed by atoms with E-state index in [1.54, 1.807) is 11.3 Å². The Kier molecular flexibility index (Phi) is 3.85. The molecular formula is C22H13N2S2. The molecule has 0 fully saturated rings. The summed E-state index contributed by atoms with van der Waals surface area (Å²) in [4.78, 5) is 10.5. The molecule has 0 spiro atoms. The van der Waals surface area contributed by atoms with Gasteiger partial charge in [0.1, 0.15) is 5.01 Å². The number of aromatic nitrogens is 2. The Bertz CT molecular complexity index is 1180. The van der Waals surface area contributed by atoms with Crippen molar-refractivity contribution in [2.45, 2.75) is 0 Å². The third kappa shape index (κ3) is 2.64. The van der Waals surface area contributed by atoms with Crippen molar-refractivity contribution < 1.29 is 0 Å². The molecule has 2 aromatic heterocycles. The van der Waals surface area contributed by atoms with E-state index in [9.17, 15) is 0 Å². The predicted octanol–water partition coefficient (Wildman–Crippen LogP) is 6.55. The minimum absolute atomic E-state index is 0.959. The molecule has 0 bridgehead atoms. The fourth-order valence-electron chi connectivity index (χ4n) is 3.09. The van der Waals surface area contributed by atoms with Gasteiger partial charge in [-0.05, 0) is 10.8 Å². The summed E-state index contributed by atoms with van der Waals surface area (Å²) in [5.74, 6) is 0. The van der Waals surface area contributed by atoms with Crippen molar-refractivity contribution in [2.24, 2.45) is 0 Å². The predicted molar refractivity (Wildman–Crippen MR) is 110 cm³/mol. The molecular weight excluding hydrogens is 356 g/mol. The van der Waals surface area contributed by atoms with Crippen LogP contribution in [0, 0.1) is 5.51 Å². The molecule has 1 radical (unpaired) electrons. The normalized spacial score (nSPS) is 11.1. The monoisotopic (exact) mass is 369 g/mol. The van der Waals surface area contributed by atoms with Crippen LogP contribution >= 0.6 is 22.7 Å². The SMILES string of the molecule is [c]1nc(-c2cccc3ccccc23)c(-c2nc(-c3ccccc3)cs2)s1. The molecule has 0 saturated carbocycles. The van der Waals surface area contributed by atoms with Crippen LogP contribution < -0.4 is 0 Å². The molecule has 5 rings (SSSR count). The van der Waals surface area contributed by atoms with Gasteiger partial charge in [0.05, 0.1) is 16.3 Å². The third-order valence-electron chi connectivity index (χ3n) is 4.33. The van der Waals surface area contributed by atoms with Gasteiger partial charge >= 0.3 is 0 Å². The lowest BCUT2D eigenvalue weighted by molar-refractivity contribution is 1.38. The third-order valence-corrected chi connectivity index (χ3v) is 6.10. The van der Waals surface area contributed by atoms with Gasteiger partial charge in [0.2, 0.25) is 0 Å². The quantitative estimate of drug-likeness (QED) is 0.360. The highest BCUT2D eigenvalue weighted by molar-refractivity contribution is 7.20. The molecule has 0 atom stereocenters. The zero-order chi connectivity index (χ0) is 17.3. The average Bonchev–Trinajstić information content (AvgIpc) is 3.37. The molecule has 3 aromatic carbocycles. The molecule has 2 nitrogen and oxygen atoms in total. The highest BCUT2D eigenvalue weighted by atomic mass is 32.1. The molecule has 0 aliphatic rings. The van der Waals surface area contributed by atoms with Crippen LogP contribution in [0.1, 0.15) is 0 Å². The van der Waals surface area contributed by atoms with E-state index >= 15 is 0 Å². The molecule has 0 unspecified atom stereocenters. The highest BCUT2D eigenvalue weighted by Gasteiger charge is 2.17. The zero-order valence-electron chi connectivity index (χ0n) is 13.7. The standard InChI is InChI=1S/C22H13N2S2/c1-2-8-16(9-3-1)19-13-25-22(24-19)21-20(23-14-26-21)18-12-6-10-15-7-4-5-11-17(15)18/h1-13H. The second-order valence-electron chi connectivity index (χ2n) is 5.91. The van der Waals surface area contributed by atoms with Crippen LogP contribution in [-0.2, 0) is 0 Å². The smallest absolute Gasteiger partial charge is 0.153 e. The van der Waals surface area contributed by atoms with Crippen molar-refractivity contribution in [2.75, 3.05) is 0 Å². The molecule has 4 heteroatoms. The maximum atomic E-state index is 4.86. The molecule has 0 saturated heterocycles. The summed E-state index contributed by atoms with van der Waals surface area (Å²) in [6, 6.07) is 25.0. The minimum Gasteiger partial charge on any atom is -0.235 e. The van der Waals surface area contributed by atoms with Crippen molar-refractivity contribution in [3.05, 3.63) is 83.7 Å². The topological polar surface area (TPSA) is 25.8 Å². The van der Waals surface area contributed by atoms with Gasteiger partial charge < -0.3 is 0 Å². The fourth-order valence-corrected chi connectivity index (χ4v) is 4.74. The second kappa shape index (κ2) is 6.48. The van der Waals surface area contributed by atoms with Gasteiger partial charge in [-0.1, -0.05) is 72.8 Å². The van der Waals surface area contributed by atoms with Gasteiger partial charge in [-0.2, -0.15) is 0 Å². The molecule has 0 amide bonds. The number of hydrogen-bond acceptors (Lipinski definition) is 4. The Labute approximate surface area is 159 Å². The molecule has 0 aliphatic heterocycles. The van der Waals surface area contributed by atoms with Gasteiger partial charge in [0.25, 0.3) is 0 Å². The maximum absolute atomic E-state index is 4.86. The van der Waals surface area contributed by atoms with Gasteiger partial charge in [0, 0.05) is 16.5 Å². The van der Waals surface area contributed by atoms with Crippen molar-refractivity contribution in [3.8, 4) is 32.4 Å². The lowest BCUT2D eigenvalue weighted by Gasteiger charge is -2.05. The summed E-state index contributed by atoms with van der Waals surface area (Å²) >= 11 is 3.18. The Morgan fingerprint density at radius 3 is 2.54 bits per heavy atom. The lowest BCUT2D eigenvalue weighted by atomic mass is 10.0. The fraction of sp³-hybridized carbons (Fsp3) is 0. The van der Waals surface area contributed by atoms with E-state index in [2.05, 4.69) is 70.5 Å². The first kappa shape index (κ1) is 15.4. The van der Waals surface area contributed by atoms with Gasteiger partial charge in [-0.25, -0.2) is 9.97 Å². The first-order valence-corrected chi connectivity index (χ1v) is 9.96. The van der Waals surface area contributed by atoms with Crippen LogP contribution in [-0.4, -0.2) is 9.97 Å². The lowest BCUT2D eigenvalue weighted by Crippen LogP contribution is -1.84. The van der Waals surface area contributed by atoms with E-state index in [-0.39, 0.29) is 0 Å². The summed E-state index contributed by atoms with van der Waals surface area (Å²) < 4.78 is 0. The Morgan fingerprint density at radius 1 is 0.808 bits per heavy atom. The molecule has 0 N–H and O–H groups in total. The Morgan fingerprint density at radius 2 is 1.62 bits per heavy atom. The first-order valence-electron chi connectivity index (χ1n) is 8.26. The van der Waals surface area contributed by atoms with E-state index in [1.807, 2.05) is 18.2 Å². The number of nitrogens with zero attached hydrogens (tertiary/aromatic N) is 2. The molecule has 26 heavy (non-hydrogen) atoms. The summed E-state index contributed by atoms with van der Waals surface area (Å²) in [5.41, 5.74) is 7.30. The van der Waals surface area contributed by atoms with Crippen LogP contribution in [0.4, 0.5) is 0 Å². The van der Waals surface area contributed by atoms with Gasteiger partial charge in [-0.3, -0.25) is 0 Å². The van der Waals surface area contributed by atoms with E-state index in [0.29, 0.717) is 0 Å². The van der Waals surface area contributed by atoms with Crippen LogP contribution in [0.25, 0.3) is 43.2 Å². The molecule has 2 heterocycles. The van der Waals surface area contributed by atoms with E-state index in [1.165, 1.54) is 22.1 Å². The van der Waals surface area contributed by atoms with Gasteiger partial charge in [0.15, 0.2) is 5.51 Å². The second-order valence-corrected chi connectivity index (χ2v) is 7.57.